The molecule has 1 aromatic heterocycles. The number of amides is 1. The van der Waals surface area contributed by atoms with Gasteiger partial charge >= 0.3 is 0 Å². The summed E-state index contributed by atoms with van der Waals surface area (Å²) in [5, 5.41) is 3.12. The molecule has 0 spiro atoms. The summed E-state index contributed by atoms with van der Waals surface area (Å²) < 4.78 is 5.35. The maximum absolute atomic E-state index is 13.0. The van der Waals surface area contributed by atoms with E-state index < -0.39 is 0 Å². The molecule has 166 valence electrons. The minimum absolute atomic E-state index is 0.0871. The molecule has 1 aliphatic heterocycles. The number of aromatic nitrogens is 3. The maximum Gasteiger partial charge on any atom is 0.237 e. The fourth-order valence-electron chi connectivity index (χ4n) is 3.79. The molecular formula is C23H26N6O2S. The van der Waals surface area contributed by atoms with Crippen LogP contribution in [0.5, 0.6) is 5.75 Å². The van der Waals surface area contributed by atoms with E-state index in [-0.39, 0.29) is 17.9 Å². The number of aryl methyl sites for hydroxylation is 1. The van der Waals surface area contributed by atoms with Crippen LogP contribution in [0.15, 0.2) is 48.5 Å². The van der Waals surface area contributed by atoms with Crippen molar-refractivity contribution in [2.24, 2.45) is 0 Å². The summed E-state index contributed by atoms with van der Waals surface area (Å²) in [5.74, 6) is 2.51. The molecule has 8 nitrogen and oxygen atoms in total. The molecule has 2 heterocycles. The molecule has 2 aromatic carbocycles. The number of nitrogen functional groups attached to an aromatic ring is 1. The van der Waals surface area contributed by atoms with E-state index in [2.05, 4.69) is 33.3 Å². The van der Waals surface area contributed by atoms with Gasteiger partial charge in [0.05, 0.1) is 24.3 Å². The van der Waals surface area contributed by atoms with Crippen molar-refractivity contribution in [3.63, 3.8) is 0 Å². The van der Waals surface area contributed by atoms with E-state index in [4.69, 9.17) is 10.5 Å². The van der Waals surface area contributed by atoms with Crippen LogP contribution < -0.4 is 20.7 Å². The summed E-state index contributed by atoms with van der Waals surface area (Å²) >= 11 is 1.46. The molecule has 0 saturated heterocycles. The molecule has 1 unspecified atom stereocenters. The first-order valence-electron chi connectivity index (χ1n) is 10.4. The van der Waals surface area contributed by atoms with Gasteiger partial charge < -0.3 is 20.7 Å². The number of benzene rings is 2. The number of nitrogens with one attached hydrogen (secondary N) is 1. The molecule has 1 amide bonds. The topological polar surface area (TPSA) is 106 Å². The summed E-state index contributed by atoms with van der Waals surface area (Å²) in [6.07, 6.45) is 1.97. The van der Waals surface area contributed by atoms with Gasteiger partial charge in [-0.2, -0.15) is 15.0 Å². The number of fused-ring (bicyclic) bond motifs is 1. The minimum atomic E-state index is 0.0871. The standard InChI is InChI=1S/C23H26N6O2S/c1-15-11-12-16-7-3-5-9-18(16)29(15)21(30)14-32-13-20-26-22(24)28-23(27-20)25-17-8-4-6-10-19(17)31-2/h3-10,15H,11-14H2,1-2H3,(H3,24,25,26,27,28). The van der Waals surface area contributed by atoms with Crippen molar-refractivity contribution in [3.8, 4) is 5.75 Å². The first-order chi connectivity index (χ1) is 15.5. The van der Waals surface area contributed by atoms with Crippen LogP contribution in [0.3, 0.4) is 0 Å². The quantitative estimate of drug-likeness (QED) is 0.560. The zero-order valence-electron chi connectivity index (χ0n) is 18.1. The van der Waals surface area contributed by atoms with E-state index in [0.717, 1.165) is 24.2 Å². The van der Waals surface area contributed by atoms with Gasteiger partial charge in [-0.25, -0.2) is 0 Å². The van der Waals surface area contributed by atoms with E-state index >= 15 is 0 Å². The fourth-order valence-corrected chi connectivity index (χ4v) is 4.52. The van der Waals surface area contributed by atoms with Gasteiger partial charge in [-0.3, -0.25) is 4.79 Å². The minimum Gasteiger partial charge on any atom is -0.495 e. The van der Waals surface area contributed by atoms with E-state index in [1.807, 2.05) is 47.4 Å². The Hall–Kier alpha value is -3.33. The van der Waals surface area contributed by atoms with Crippen LogP contribution in [-0.4, -0.2) is 39.8 Å². The molecule has 32 heavy (non-hydrogen) atoms. The Labute approximate surface area is 191 Å². The van der Waals surface area contributed by atoms with Crippen molar-refractivity contribution in [3.05, 3.63) is 59.9 Å². The Morgan fingerprint density at radius 1 is 1.19 bits per heavy atom. The summed E-state index contributed by atoms with van der Waals surface area (Å²) in [4.78, 5) is 27.8. The van der Waals surface area contributed by atoms with Crippen LogP contribution >= 0.6 is 11.8 Å². The third kappa shape index (κ3) is 4.94. The molecular weight excluding hydrogens is 424 g/mol. The lowest BCUT2D eigenvalue weighted by molar-refractivity contribution is -0.116. The van der Waals surface area contributed by atoms with Crippen LogP contribution in [0.25, 0.3) is 0 Å². The number of para-hydroxylation sites is 3. The second kappa shape index (κ2) is 9.86. The number of anilines is 4. The van der Waals surface area contributed by atoms with Gasteiger partial charge in [-0.1, -0.05) is 30.3 Å². The molecule has 1 atom stereocenters. The van der Waals surface area contributed by atoms with E-state index in [0.29, 0.717) is 29.0 Å². The number of hydrogen-bond acceptors (Lipinski definition) is 8. The van der Waals surface area contributed by atoms with Crippen molar-refractivity contribution >= 4 is 40.9 Å². The molecule has 9 heteroatoms. The van der Waals surface area contributed by atoms with Crippen LogP contribution in [0, 0.1) is 0 Å². The fraction of sp³-hybridized carbons (Fsp3) is 0.304. The highest BCUT2D eigenvalue weighted by atomic mass is 32.2. The van der Waals surface area contributed by atoms with Gasteiger partial charge in [0.15, 0.2) is 0 Å². The number of carbonyl (C=O) groups is 1. The lowest BCUT2D eigenvalue weighted by Gasteiger charge is -2.35. The second-order valence-corrected chi connectivity index (χ2v) is 8.52. The van der Waals surface area contributed by atoms with Crippen molar-refractivity contribution in [2.75, 3.05) is 28.8 Å². The summed E-state index contributed by atoms with van der Waals surface area (Å²) in [6, 6.07) is 15.8. The third-order valence-corrected chi connectivity index (χ3v) is 6.21. The average Bonchev–Trinajstić information content (AvgIpc) is 2.79. The number of nitrogens with zero attached hydrogens (tertiary/aromatic N) is 4. The SMILES string of the molecule is COc1ccccc1Nc1nc(N)nc(CSCC(=O)N2c3ccccc3CCC2C)n1. The number of rotatable bonds is 7. The number of carbonyl (C=O) groups excluding carboxylic acids is 1. The number of thioether (sulfide) groups is 1. The van der Waals surface area contributed by atoms with Crippen molar-refractivity contribution in [2.45, 2.75) is 31.6 Å². The van der Waals surface area contributed by atoms with E-state index in [1.165, 1.54) is 17.3 Å². The third-order valence-electron chi connectivity index (χ3n) is 5.30. The molecule has 0 radical (unpaired) electrons. The molecule has 0 saturated carbocycles. The molecule has 3 N–H and O–H groups in total. The van der Waals surface area contributed by atoms with Gasteiger partial charge in [-0.15, -0.1) is 11.8 Å². The number of nitrogens with two attached hydrogens (primary N) is 1. The zero-order valence-corrected chi connectivity index (χ0v) is 18.9. The van der Waals surface area contributed by atoms with Crippen molar-refractivity contribution in [1.82, 2.24) is 15.0 Å². The predicted octanol–water partition coefficient (Wildman–Crippen LogP) is 3.81. The second-order valence-electron chi connectivity index (χ2n) is 7.53. The molecule has 3 aromatic rings. The Kier molecular flexibility index (Phi) is 6.75. The first-order valence-corrected chi connectivity index (χ1v) is 11.6. The molecule has 1 aliphatic rings. The number of hydrogen-bond donors (Lipinski definition) is 2. The molecule has 4 rings (SSSR count). The van der Waals surface area contributed by atoms with Crippen LogP contribution in [0.4, 0.5) is 23.3 Å². The van der Waals surface area contributed by atoms with Crippen molar-refractivity contribution < 1.29 is 9.53 Å². The van der Waals surface area contributed by atoms with Gasteiger partial charge in [-0.05, 0) is 43.5 Å². The predicted molar refractivity (Wildman–Crippen MR) is 128 cm³/mol. The van der Waals surface area contributed by atoms with Crippen molar-refractivity contribution in [1.29, 1.82) is 0 Å². The number of methoxy groups -OCH3 is 1. The first kappa shape index (κ1) is 21.9. The van der Waals surface area contributed by atoms with Gasteiger partial charge in [0.1, 0.15) is 11.6 Å². The zero-order chi connectivity index (χ0) is 22.5. The van der Waals surface area contributed by atoms with Crippen LogP contribution in [0.1, 0.15) is 24.7 Å². The van der Waals surface area contributed by atoms with Crippen LogP contribution in [-0.2, 0) is 17.0 Å². The largest absolute Gasteiger partial charge is 0.495 e. The molecule has 0 bridgehead atoms. The van der Waals surface area contributed by atoms with Gasteiger partial charge in [0, 0.05) is 11.7 Å². The normalized spacial score (nSPS) is 15.2. The lowest BCUT2D eigenvalue weighted by atomic mass is 9.97. The van der Waals surface area contributed by atoms with Crippen LogP contribution in [0.2, 0.25) is 0 Å². The smallest absolute Gasteiger partial charge is 0.237 e. The van der Waals surface area contributed by atoms with E-state index in [9.17, 15) is 4.79 Å². The lowest BCUT2D eigenvalue weighted by Crippen LogP contribution is -2.43. The Balaban J connectivity index is 1.41. The molecule has 0 fully saturated rings. The van der Waals surface area contributed by atoms with E-state index in [1.54, 1.807) is 7.11 Å². The monoisotopic (exact) mass is 450 g/mol. The highest BCUT2D eigenvalue weighted by Crippen LogP contribution is 2.31. The average molecular weight is 451 g/mol. The molecule has 0 aliphatic carbocycles. The number of ether oxygens (including phenoxy) is 1. The Morgan fingerprint density at radius 2 is 1.97 bits per heavy atom. The Bertz CT molecular complexity index is 1110. The Morgan fingerprint density at radius 3 is 2.81 bits per heavy atom. The highest BCUT2D eigenvalue weighted by molar-refractivity contribution is 7.99. The van der Waals surface area contributed by atoms with Gasteiger partial charge in [0.2, 0.25) is 17.8 Å². The summed E-state index contributed by atoms with van der Waals surface area (Å²) in [5.41, 5.74) is 8.86. The summed E-state index contributed by atoms with van der Waals surface area (Å²) in [7, 11) is 1.60. The highest BCUT2D eigenvalue weighted by Gasteiger charge is 2.27. The summed E-state index contributed by atoms with van der Waals surface area (Å²) in [6.45, 7) is 2.10. The maximum atomic E-state index is 13.0. The van der Waals surface area contributed by atoms with Gasteiger partial charge in [0.25, 0.3) is 0 Å².